The van der Waals surface area contributed by atoms with Crippen molar-refractivity contribution in [1.82, 2.24) is 5.32 Å². The standard InChI is InChI=1S/C66H129NO5/c1-3-5-7-9-11-13-15-16-17-32-35-39-42-46-50-54-58-64(69)63(62-68)67-65(70)59-55-51-47-43-40-36-33-30-28-26-24-22-20-18-19-21-23-25-27-29-31-34-37-41-45-49-53-57-61-72-66(71)60-56-52-48-44-38-14-12-10-8-6-4-2/h18-19,63-64,68-69H,3-17,20-62H2,1-2H3,(H,67,70)/b19-18-. The predicted molar refractivity (Wildman–Crippen MR) is 315 cm³/mol. The van der Waals surface area contributed by atoms with Crippen LogP contribution in [0.4, 0.5) is 0 Å². The van der Waals surface area contributed by atoms with E-state index in [2.05, 4.69) is 31.3 Å². The lowest BCUT2D eigenvalue weighted by molar-refractivity contribution is -0.143. The summed E-state index contributed by atoms with van der Waals surface area (Å²) in [6, 6.07) is -0.540. The topological polar surface area (TPSA) is 95.9 Å². The van der Waals surface area contributed by atoms with Gasteiger partial charge < -0.3 is 20.3 Å². The summed E-state index contributed by atoms with van der Waals surface area (Å²) in [4.78, 5) is 24.5. The maximum Gasteiger partial charge on any atom is 0.305 e. The van der Waals surface area contributed by atoms with E-state index in [0.717, 1.165) is 38.5 Å². The lowest BCUT2D eigenvalue weighted by Crippen LogP contribution is -2.45. The van der Waals surface area contributed by atoms with Crippen LogP contribution in [0.2, 0.25) is 0 Å². The van der Waals surface area contributed by atoms with Gasteiger partial charge in [0.05, 0.1) is 25.4 Å². The Bertz CT molecular complexity index is 1080. The summed E-state index contributed by atoms with van der Waals surface area (Å²) >= 11 is 0. The predicted octanol–water partition coefficient (Wildman–Crippen LogP) is 20.8. The van der Waals surface area contributed by atoms with Gasteiger partial charge in [0.15, 0.2) is 0 Å². The zero-order valence-corrected chi connectivity index (χ0v) is 48.9. The van der Waals surface area contributed by atoms with E-state index in [1.165, 1.54) is 302 Å². The molecule has 3 N–H and O–H groups in total. The van der Waals surface area contributed by atoms with E-state index in [-0.39, 0.29) is 18.5 Å². The zero-order valence-electron chi connectivity index (χ0n) is 48.9. The van der Waals surface area contributed by atoms with Crippen molar-refractivity contribution < 1.29 is 24.5 Å². The molecular formula is C66H129NO5. The van der Waals surface area contributed by atoms with E-state index in [1.54, 1.807) is 0 Å². The second kappa shape index (κ2) is 62.1. The number of esters is 1. The Kier molecular flexibility index (Phi) is 60.9. The van der Waals surface area contributed by atoms with Crippen LogP contribution < -0.4 is 5.32 Å². The number of nitrogens with one attached hydrogen (secondary N) is 1. The smallest absolute Gasteiger partial charge is 0.305 e. The average Bonchev–Trinajstić information content (AvgIpc) is 3.38. The molecule has 0 aliphatic carbocycles. The number of unbranched alkanes of at least 4 members (excludes halogenated alkanes) is 49. The molecule has 0 bridgehead atoms. The molecule has 0 aromatic heterocycles. The molecule has 0 saturated carbocycles. The van der Waals surface area contributed by atoms with Gasteiger partial charge in [-0.3, -0.25) is 9.59 Å². The van der Waals surface area contributed by atoms with Crippen molar-refractivity contribution in [2.24, 2.45) is 0 Å². The summed E-state index contributed by atoms with van der Waals surface area (Å²) < 4.78 is 5.47. The van der Waals surface area contributed by atoms with Crippen LogP contribution in [-0.4, -0.2) is 47.4 Å². The first-order valence-corrected chi connectivity index (χ1v) is 32.9. The fourth-order valence-corrected chi connectivity index (χ4v) is 10.5. The number of amides is 1. The van der Waals surface area contributed by atoms with Crippen LogP contribution >= 0.6 is 0 Å². The van der Waals surface area contributed by atoms with Crippen LogP contribution in [0.5, 0.6) is 0 Å². The van der Waals surface area contributed by atoms with Gasteiger partial charge in [-0.05, 0) is 51.4 Å². The second-order valence-corrected chi connectivity index (χ2v) is 22.8. The maximum atomic E-state index is 12.5. The molecule has 0 aliphatic heterocycles. The summed E-state index contributed by atoms with van der Waals surface area (Å²) in [5, 5.41) is 23.3. The maximum absolute atomic E-state index is 12.5. The van der Waals surface area contributed by atoms with Gasteiger partial charge >= 0.3 is 5.97 Å². The number of aliphatic hydroxyl groups excluding tert-OH is 2. The van der Waals surface area contributed by atoms with Crippen LogP contribution in [0.15, 0.2) is 12.2 Å². The molecule has 0 heterocycles. The molecule has 0 aromatic rings. The molecule has 0 radical (unpaired) electrons. The average molecular weight is 1020 g/mol. The zero-order chi connectivity index (χ0) is 52.2. The van der Waals surface area contributed by atoms with E-state index in [9.17, 15) is 19.8 Å². The van der Waals surface area contributed by atoms with Crippen molar-refractivity contribution >= 4 is 11.9 Å². The molecule has 0 aliphatic rings. The van der Waals surface area contributed by atoms with E-state index < -0.39 is 12.1 Å². The van der Waals surface area contributed by atoms with Crippen molar-refractivity contribution in [3.8, 4) is 0 Å². The van der Waals surface area contributed by atoms with Gasteiger partial charge in [0, 0.05) is 12.8 Å². The number of carbonyl (C=O) groups is 2. The lowest BCUT2D eigenvalue weighted by Gasteiger charge is -2.22. The van der Waals surface area contributed by atoms with Crippen LogP contribution in [0.1, 0.15) is 373 Å². The van der Waals surface area contributed by atoms with Crippen LogP contribution in [-0.2, 0) is 14.3 Å². The summed E-state index contributed by atoms with van der Waals surface area (Å²) in [5.74, 6) is -0.0155. The fraction of sp³-hybridized carbons (Fsp3) is 0.939. The first-order valence-electron chi connectivity index (χ1n) is 32.9. The highest BCUT2D eigenvalue weighted by Crippen LogP contribution is 2.18. The summed E-state index contributed by atoms with van der Waals surface area (Å²) in [7, 11) is 0. The summed E-state index contributed by atoms with van der Waals surface area (Å²) in [5.41, 5.74) is 0. The Morgan fingerprint density at radius 1 is 0.375 bits per heavy atom. The molecule has 6 heteroatoms. The molecule has 0 spiro atoms. The minimum atomic E-state index is -0.663. The van der Waals surface area contributed by atoms with Gasteiger partial charge in [0.1, 0.15) is 0 Å². The molecule has 2 atom stereocenters. The van der Waals surface area contributed by atoms with Crippen molar-refractivity contribution in [3.63, 3.8) is 0 Å². The number of aliphatic hydroxyl groups is 2. The Labute approximate surface area is 450 Å². The third-order valence-electron chi connectivity index (χ3n) is 15.6. The number of carbonyl (C=O) groups excluding carboxylic acids is 2. The first-order chi connectivity index (χ1) is 35.5. The molecule has 72 heavy (non-hydrogen) atoms. The molecular weight excluding hydrogens is 887 g/mol. The third kappa shape index (κ3) is 57.9. The molecule has 428 valence electrons. The Morgan fingerprint density at radius 2 is 0.653 bits per heavy atom. The van der Waals surface area contributed by atoms with E-state index >= 15 is 0 Å². The molecule has 0 aromatic carbocycles. The van der Waals surface area contributed by atoms with Crippen molar-refractivity contribution in [2.45, 2.75) is 386 Å². The van der Waals surface area contributed by atoms with Crippen molar-refractivity contribution in [3.05, 3.63) is 12.2 Å². The second-order valence-electron chi connectivity index (χ2n) is 22.8. The van der Waals surface area contributed by atoms with Gasteiger partial charge in [0.2, 0.25) is 5.91 Å². The van der Waals surface area contributed by atoms with Gasteiger partial charge in [-0.2, -0.15) is 0 Å². The normalized spacial score (nSPS) is 12.6. The summed E-state index contributed by atoms with van der Waals surface area (Å²) in [6.45, 7) is 4.98. The molecule has 0 saturated heterocycles. The number of ether oxygens (including phenoxy) is 1. The Balaban J connectivity index is 3.37. The largest absolute Gasteiger partial charge is 0.466 e. The molecule has 1 amide bonds. The van der Waals surface area contributed by atoms with Crippen LogP contribution in [0.25, 0.3) is 0 Å². The highest BCUT2D eigenvalue weighted by Gasteiger charge is 2.20. The van der Waals surface area contributed by atoms with E-state index in [0.29, 0.717) is 25.9 Å². The van der Waals surface area contributed by atoms with Gasteiger partial charge in [-0.15, -0.1) is 0 Å². The molecule has 2 unspecified atom stereocenters. The molecule has 6 nitrogen and oxygen atoms in total. The molecule has 0 rings (SSSR count). The Morgan fingerprint density at radius 3 is 0.986 bits per heavy atom. The summed E-state index contributed by atoms with van der Waals surface area (Å²) in [6.07, 6.45) is 75.3. The molecule has 0 fully saturated rings. The number of allylic oxidation sites excluding steroid dienone is 2. The van der Waals surface area contributed by atoms with Gasteiger partial charge in [0.25, 0.3) is 0 Å². The van der Waals surface area contributed by atoms with E-state index in [4.69, 9.17) is 4.74 Å². The highest BCUT2D eigenvalue weighted by molar-refractivity contribution is 5.76. The number of hydrogen-bond donors (Lipinski definition) is 3. The fourth-order valence-electron chi connectivity index (χ4n) is 10.5. The van der Waals surface area contributed by atoms with Crippen LogP contribution in [0, 0.1) is 0 Å². The minimum Gasteiger partial charge on any atom is -0.466 e. The quantitative estimate of drug-likeness (QED) is 0.0320. The number of hydrogen-bond acceptors (Lipinski definition) is 5. The SMILES string of the molecule is CCCCCCCCCCCCCCCCCCC(O)C(CO)NC(=O)CCCCCCCCCCCCCC/C=C\CCCCCCCCCCCCCCOC(=O)CCCCCCCCCCCCC. The van der Waals surface area contributed by atoms with Crippen molar-refractivity contribution in [2.75, 3.05) is 13.2 Å². The van der Waals surface area contributed by atoms with E-state index in [1.807, 2.05) is 0 Å². The van der Waals surface area contributed by atoms with Gasteiger partial charge in [-0.25, -0.2) is 0 Å². The van der Waals surface area contributed by atoms with Crippen molar-refractivity contribution in [1.29, 1.82) is 0 Å². The van der Waals surface area contributed by atoms with Gasteiger partial charge in [-0.1, -0.05) is 321 Å². The monoisotopic (exact) mass is 1020 g/mol. The minimum absolute atomic E-state index is 0.0162. The lowest BCUT2D eigenvalue weighted by atomic mass is 10.0. The third-order valence-corrected chi connectivity index (χ3v) is 15.6. The highest BCUT2D eigenvalue weighted by atomic mass is 16.5. The van der Waals surface area contributed by atoms with Crippen LogP contribution in [0.3, 0.4) is 0 Å². The number of rotatable bonds is 62. The first kappa shape index (κ1) is 70.6. The Hall–Kier alpha value is -1.40.